The maximum absolute atomic E-state index is 13.0. The van der Waals surface area contributed by atoms with Crippen LogP contribution in [0.15, 0.2) is 35.1 Å². The fourth-order valence-corrected chi connectivity index (χ4v) is 3.18. The second-order valence-electron chi connectivity index (χ2n) is 6.48. The fraction of sp³-hybridized carbons (Fsp3) is 0.400. The zero-order valence-electron chi connectivity index (χ0n) is 16.0. The van der Waals surface area contributed by atoms with Crippen LogP contribution in [-0.2, 0) is 17.8 Å². The van der Waals surface area contributed by atoms with Crippen molar-refractivity contribution >= 4 is 11.7 Å². The summed E-state index contributed by atoms with van der Waals surface area (Å²) in [6, 6.07) is 9.59. The van der Waals surface area contributed by atoms with Crippen LogP contribution in [-0.4, -0.2) is 31.6 Å². The number of fused-ring (bicyclic) bond motifs is 1. The van der Waals surface area contributed by atoms with Crippen molar-refractivity contribution in [3.05, 3.63) is 51.9 Å². The lowest BCUT2D eigenvalue weighted by Crippen LogP contribution is -2.29. The molecule has 1 aromatic carbocycles. The minimum Gasteiger partial charge on any atom is -0.356 e. The highest BCUT2D eigenvalue weighted by Gasteiger charge is 2.18. The highest BCUT2D eigenvalue weighted by molar-refractivity contribution is 5.76. The molecule has 3 aromatic rings. The number of benzene rings is 1. The van der Waals surface area contributed by atoms with Gasteiger partial charge in [-0.05, 0) is 26.7 Å². The largest absolute Gasteiger partial charge is 0.356 e. The molecule has 0 aliphatic carbocycles. The van der Waals surface area contributed by atoms with E-state index in [0.29, 0.717) is 36.7 Å². The van der Waals surface area contributed by atoms with Crippen molar-refractivity contribution in [2.75, 3.05) is 6.54 Å². The number of aryl methyl sites for hydroxylation is 1. The van der Waals surface area contributed by atoms with Crippen molar-refractivity contribution in [2.45, 2.75) is 46.6 Å². The minimum atomic E-state index is -0.204. The summed E-state index contributed by atoms with van der Waals surface area (Å²) in [6.45, 7) is 7.23. The first kappa shape index (κ1) is 18.8. The Labute approximate surface area is 158 Å². The monoisotopic (exact) mass is 367 g/mol. The van der Waals surface area contributed by atoms with Gasteiger partial charge in [-0.1, -0.05) is 37.3 Å². The van der Waals surface area contributed by atoms with E-state index in [9.17, 15) is 9.59 Å². The third-order valence-corrected chi connectivity index (χ3v) is 4.65. The smallest absolute Gasteiger partial charge is 0.279 e. The van der Waals surface area contributed by atoms with Gasteiger partial charge >= 0.3 is 0 Å². The predicted molar refractivity (Wildman–Crippen MR) is 105 cm³/mol. The van der Waals surface area contributed by atoms with E-state index in [-0.39, 0.29) is 17.9 Å². The lowest BCUT2D eigenvalue weighted by molar-refractivity contribution is -0.121. The van der Waals surface area contributed by atoms with Crippen molar-refractivity contribution < 1.29 is 4.79 Å². The molecule has 1 N–H and O–H groups in total. The quantitative estimate of drug-likeness (QED) is 0.695. The molecule has 142 valence electrons. The lowest BCUT2D eigenvalue weighted by Gasteiger charge is -2.13. The normalized spacial score (nSPS) is 11.1. The summed E-state index contributed by atoms with van der Waals surface area (Å²) in [7, 11) is 0. The van der Waals surface area contributed by atoms with E-state index in [1.807, 2.05) is 55.7 Å². The Morgan fingerprint density at radius 3 is 2.59 bits per heavy atom. The zero-order chi connectivity index (χ0) is 19.4. The number of nitrogens with one attached hydrogen (secondary N) is 1. The van der Waals surface area contributed by atoms with Crippen LogP contribution in [0.5, 0.6) is 0 Å². The van der Waals surface area contributed by atoms with Gasteiger partial charge in [-0.15, -0.1) is 5.10 Å². The van der Waals surface area contributed by atoms with E-state index in [0.717, 1.165) is 17.7 Å². The van der Waals surface area contributed by atoms with Crippen molar-refractivity contribution in [1.82, 2.24) is 24.5 Å². The summed E-state index contributed by atoms with van der Waals surface area (Å²) >= 11 is 0. The number of hydrogen-bond acceptors (Lipinski definition) is 4. The van der Waals surface area contributed by atoms with Crippen molar-refractivity contribution in [3.63, 3.8) is 0 Å². The van der Waals surface area contributed by atoms with Crippen LogP contribution >= 0.6 is 0 Å². The Bertz CT molecular complexity index is 1000. The molecule has 0 aliphatic heterocycles. The van der Waals surface area contributed by atoms with Gasteiger partial charge in [0.05, 0.1) is 0 Å². The Morgan fingerprint density at radius 1 is 1.19 bits per heavy atom. The number of nitrogens with zero attached hydrogens (tertiary/aromatic N) is 4. The Kier molecular flexibility index (Phi) is 5.69. The molecule has 27 heavy (non-hydrogen) atoms. The number of rotatable bonds is 7. The standard InChI is InChI=1S/C20H25N5O2/c1-4-13-21-17(26)12-11-16-14(3)24(5-2)20-22-18(23-25(20)19(16)27)15-9-7-6-8-10-15/h6-10H,4-5,11-13H2,1-3H3,(H,21,26). The molecular formula is C20H25N5O2. The maximum Gasteiger partial charge on any atom is 0.279 e. The van der Waals surface area contributed by atoms with Crippen LogP contribution in [0, 0.1) is 6.92 Å². The molecular weight excluding hydrogens is 342 g/mol. The molecule has 0 radical (unpaired) electrons. The molecule has 0 unspecified atom stereocenters. The van der Waals surface area contributed by atoms with E-state index >= 15 is 0 Å². The number of amides is 1. The van der Waals surface area contributed by atoms with E-state index in [2.05, 4.69) is 15.4 Å². The van der Waals surface area contributed by atoms with Gasteiger partial charge in [0.2, 0.25) is 11.7 Å². The molecule has 0 atom stereocenters. The van der Waals surface area contributed by atoms with Gasteiger partial charge in [-0.2, -0.15) is 9.50 Å². The van der Waals surface area contributed by atoms with Crippen LogP contribution in [0.1, 0.15) is 37.9 Å². The van der Waals surface area contributed by atoms with Crippen LogP contribution in [0.4, 0.5) is 0 Å². The molecule has 2 aromatic heterocycles. The molecule has 0 saturated heterocycles. The molecule has 2 heterocycles. The molecule has 0 aliphatic rings. The summed E-state index contributed by atoms with van der Waals surface area (Å²) in [5, 5.41) is 7.29. The molecule has 0 bridgehead atoms. The van der Waals surface area contributed by atoms with Gasteiger partial charge in [0.15, 0.2) is 5.82 Å². The molecule has 0 spiro atoms. The molecule has 1 amide bonds. The van der Waals surface area contributed by atoms with Gasteiger partial charge in [-0.25, -0.2) is 0 Å². The van der Waals surface area contributed by atoms with Crippen LogP contribution in [0.2, 0.25) is 0 Å². The summed E-state index contributed by atoms with van der Waals surface area (Å²) in [5.41, 5.74) is 2.11. The van der Waals surface area contributed by atoms with E-state index in [1.54, 1.807) is 0 Å². The number of carbonyl (C=O) groups is 1. The molecule has 7 heteroatoms. The second kappa shape index (κ2) is 8.16. The predicted octanol–water partition coefficient (Wildman–Crippen LogP) is 2.35. The van der Waals surface area contributed by atoms with E-state index in [1.165, 1.54) is 4.52 Å². The SMILES string of the molecule is CCCNC(=O)CCc1c(C)n(CC)c2nc(-c3ccccc3)nn2c1=O. The van der Waals surface area contributed by atoms with Gasteiger partial charge in [0.25, 0.3) is 5.56 Å². The summed E-state index contributed by atoms with van der Waals surface area (Å²) in [4.78, 5) is 29.5. The molecule has 3 rings (SSSR count). The van der Waals surface area contributed by atoms with Crippen LogP contribution in [0.3, 0.4) is 0 Å². The first-order valence-corrected chi connectivity index (χ1v) is 9.38. The Balaban J connectivity index is 2.02. The third kappa shape index (κ3) is 3.77. The average molecular weight is 367 g/mol. The zero-order valence-corrected chi connectivity index (χ0v) is 16.0. The van der Waals surface area contributed by atoms with Gasteiger partial charge < -0.3 is 9.88 Å². The second-order valence-corrected chi connectivity index (χ2v) is 6.48. The highest BCUT2D eigenvalue weighted by Crippen LogP contribution is 2.17. The Hall–Kier alpha value is -2.96. The van der Waals surface area contributed by atoms with Crippen molar-refractivity contribution in [1.29, 1.82) is 0 Å². The first-order chi connectivity index (χ1) is 13.1. The Morgan fingerprint density at radius 2 is 1.93 bits per heavy atom. The minimum absolute atomic E-state index is 0.0395. The van der Waals surface area contributed by atoms with Gasteiger partial charge in [-0.3, -0.25) is 9.59 Å². The number of aromatic nitrogens is 4. The summed E-state index contributed by atoms with van der Waals surface area (Å²) in [5.74, 6) is 1.01. The van der Waals surface area contributed by atoms with Crippen molar-refractivity contribution in [2.24, 2.45) is 0 Å². The van der Waals surface area contributed by atoms with Gasteiger partial charge in [0.1, 0.15) is 0 Å². The molecule has 0 saturated carbocycles. The fourth-order valence-electron chi connectivity index (χ4n) is 3.18. The summed E-state index contributed by atoms with van der Waals surface area (Å²) < 4.78 is 3.33. The number of hydrogen-bond donors (Lipinski definition) is 1. The maximum atomic E-state index is 13.0. The van der Waals surface area contributed by atoms with E-state index < -0.39 is 0 Å². The lowest BCUT2D eigenvalue weighted by atomic mass is 10.1. The van der Waals surface area contributed by atoms with Crippen LogP contribution in [0.25, 0.3) is 17.2 Å². The first-order valence-electron chi connectivity index (χ1n) is 9.38. The molecule has 0 fully saturated rings. The average Bonchev–Trinajstić information content (AvgIpc) is 3.12. The number of carbonyl (C=O) groups excluding carboxylic acids is 1. The third-order valence-electron chi connectivity index (χ3n) is 4.65. The van der Waals surface area contributed by atoms with Crippen LogP contribution < -0.4 is 10.9 Å². The highest BCUT2D eigenvalue weighted by atomic mass is 16.1. The van der Waals surface area contributed by atoms with E-state index in [4.69, 9.17) is 0 Å². The van der Waals surface area contributed by atoms with Crippen molar-refractivity contribution in [3.8, 4) is 11.4 Å². The topological polar surface area (TPSA) is 81.3 Å². The summed E-state index contributed by atoms with van der Waals surface area (Å²) in [6.07, 6.45) is 1.56. The van der Waals surface area contributed by atoms with Gasteiger partial charge in [0, 0.05) is 36.3 Å². The molecule has 7 nitrogen and oxygen atoms in total.